The number of benzene rings is 2. The molecule has 4 amide bonds. The van der Waals surface area contributed by atoms with Crippen LogP contribution in [0.5, 0.6) is 5.75 Å². The SMILES string of the molecule is N#Cc1ccc(OC2CCC(NC(=O)c3cnc(N4CCC(CN5CCC(n6ncc7c(N8CCC(=O)NC8=O)c(F)ccc76)CC5)CC4)cn3)CC2)cc1C(F)(F)F. The molecule has 2 aromatic heterocycles. The minimum atomic E-state index is -4.66. The molecule has 59 heavy (non-hydrogen) atoms. The smallest absolute Gasteiger partial charge is 0.417 e. The molecule has 18 heteroatoms. The highest BCUT2D eigenvalue weighted by Gasteiger charge is 2.35. The Morgan fingerprint density at radius 1 is 0.932 bits per heavy atom. The van der Waals surface area contributed by atoms with Gasteiger partial charge in [-0.2, -0.15) is 23.5 Å². The molecule has 4 fully saturated rings. The molecule has 0 atom stereocenters. The zero-order chi connectivity index (χ0) is 41.3. The van der Waals surface area contributed by atoms with Gasteiger partial charge in [0.1, 0.15) is 23.1 Å². The van der Waals surface area contributed by atoms with Crippen molar-refractivity contribution in [3.05, 3.63) is 71.6 Å². The highest BCUT2D eigenvalue weighted by molar-refractivity contribution is 6.09. The van der Waals surface area contributed by atoms with Crippen LogP contribution in [0.2, 0.25) is 0 Å². The van der Waals surface area contributed by atoms with Gasteiger partial charge in [0.15, 0.2) is 0 Å². The van der Waals surface area contributed by atoms with E-state index in [4.69, 9.17) is 10.00 Å². The summed E-state index contributed by atoms with van der Waals surface area (Å²) in [6.07, 6.45) is 5.94. The van der Waals surface area contributed by atoms with E-state index in [0.717, 1.165) is 81.9 Å². The van der Waals surface area contributed by atoms with E-state index in [1.165, 1.54) is 23.2 Å². The van der Waals surface area contributed by atoms with Crippen molar-refractivity contribution in [2.45, 2.75) is 82.2 Å². The number of fused-ring (bicyclic) bond motifs is 1. The fourth-order valence-corrected chi connectivity index (χ4v) is 8.79. The van der Waals surface area contributed by atoms with Gasteiger partial charge in [-0.1, -0.05) is 0 Å². The van der Waals surface area contributed by atoms with Crippen LogP contribution in [0.4, 0.5) is 33.9 Å². The molecule has 4 aliphatic rings. The lowest BCUT2D eigenvalue weighted by Crippen LogP contribution is -2.50. The van der Waals surface area contributed by atoms with Crippen LogP contribution in [0, 0.1) is 23.1 Å². The molecule has 3 aliphatic heterocycles. The maximum Gasteiger partial charge on any atom is 0.417 e. The molecule has 2 N–H and O–H groups in total. The number of piperidine rings is 2. The number of carbonyl (C=O) groups is 3. The number of urea groups is 1. The van der Waals surface area contributed by atoms with E-state index < -0.39 is 29.2 Å². The summed E-state index contributed by atoms with van der Waals surface area (Å²) in [7, 11) is 0. The van der Waals surface area contributed by atoms with E-state index in [2.05, 4.69) is 35.5 Å². The van der Waals surface area contributed by atoms with Gasteiger partial charge < -0.3 is 19.9 Å². The van der Waals surface area contributed by atoms with Crippen LogP contribution < -0.4 is 25.2 Å². The molecule has 4 aromatic rings. The Morgan fingerprint density at radius 3 is 2.37 bits per heavy atom. The number of amides is 4. The van der Waals surface area contributed by atoms with Crippen LogP contribution in [0.25, 0.3) is 10.9 Å². The third-order valence-corrected chi connectivity index (χ3v) is 12.0. The van der Waals surface area contributed by atoms with Crippen LogP contribution in [0.15, 0.2) is 48.9 Å². The van der Waals surface area contributed by atoms with Crippen LogP contribution in [-0.4, -0.2) is 93.9 Å². The predicted octanol–water partition coefficient (Wildman–Crippen LogP) is 5.98. The minimum Gasteiger partial charge on any atom is -0.490 e. The molecule has 5 heterocycles. The van der Waals surface area contributed by atoms with Gasteiger partial charge in [0.25, 0.3) is 5.91 Å². The third-order valence-electron chi connectivity index (χ3n) is 12.0. The first-order chi connectivity index (χ1) is 28.4. The Morgan fingerprint density at radius 2 is 1.69 bits per heavy atom. The van der Waals surface area contributed by atoms with E-state index >= 15 is 4.39 Å². The summed E-state index contributed by atoms with van der Waals surface area (Å²) in [4.78, 5) is 52.1. The quantitative estimate of drug-likeness (QED) is 0.193. The van der Waals surface area contributed by atoms with E-state index in [9.17, 15) is 27.6 Å². The van der Waals surface area contributed by atoms with Crippen molar-refractivity contribution >= 4 is 40.3 Å². The number of nitrogens with zero attached hydrogens (tertiary/aromatic N) is 8. The molecular formula is C41H44F4N10O4. The molecule has 1 aliphatic carbocycles. The van der Waals surface area contributed by atoms with Gasteiger partial charge in [-0.05, 0) is 87.6 Å². The highest BCUT2D eigenvalue weighted by atomic mass is 19.4. The minimum absolute atomic E-state index is 0.0613. The fourth-order valence-electron chi connectivity index (χ4n) is 8.79. The molecule has 0 unspecified atom stereocenters. The van der Waals surface area contributed by atoms with Crippen LogP contribution >= 0.6 is 0 Å². The van der Waals surface area contributed by atoms with Crippen LogP contribution in [-0.2, 0) is 11.0 Å². The Hall–Kier alpha value is -5.83. The number of carbonyl (C=O) groups excluding carboxylic acids is 3. The van der Waals surface area contributed by atoms with Crippen molar-refractivity contribution in [3.63, 3.8) is 0 Å². The number of nitriles is 1. The standard InChI is InChI=1S/C41H44F4N10O4/c42-33-7-8-35-31(38(33)54-18-13-37(56)51-40(54)58)21-49-55(35)28-11-14-52(15-12-28)24-25-9-16-53(17-10-25)36-23-47-34(22-48-36)39(57)50-27-2-5-29(6-3-27)59-30-4-1-26(20-46)32(19-30)41(43,44)45/h1,4,7-8,19,21-23,25,27-29H,2-3,5-6,9-18,24H2,(H,50,57)(H,51,56,58). The number of aromatic nitrogens is 4. The fraction of sp³-hybridized carbons (Fsp3) is 0.488. The van der Waals surface area contributed by atoms with E-state index in [1.807, 2.05) is 4.68 Å². The summed E-state index contributed by atoms with van der Waals surface area (Å²) in [6.45, 7) is 4.57. The predicted molar refractivity (Wildman–Crippen MR) is 207 cm³/mol. The number of imide groups is 1. The van der Waals surface area contributed by atoms with E-state index in [0.29, 0.717) is 37.0 Å². The maximum atomic E-state index is 15.0. The van der Waals surface area contributed by atoms with Gasteiger partial charge >= 0.3 is 12.2 Å². The third kappa shape index (κ3) is 8.80. The molecule has 14 nitrogen and oxygen atoms in total. The second-order valence-electron chi connectivity index (χ2n) is 15.8. The van der Waals surface area contributed by atoms with Gasteiger partial charge in [-0.15, -0.1) is 0 Å². The number of hydrogen-bond acceptors (Lipinski definition) is 10. The molecule has 1 saturated carbocycles. The number of hydrogen-bond donors (Lipinski definition) is 2. The number of halogens is 4. The van der Waals surface area contributed by atoms with Crippen molar-refractivity contribution in [1.29, 1.82) is 5.26 Å². The van der Waals surface area contributed by atoms with E-state index in [-0.39, 0.29) is 60.1 Å². The van der Waals surface area contributed by atoms with Crippen molar-refractivity contribution in [3.8, 4) is 11.8 Å². The summed E-state index contributed by atoms with van der Waals surface area (Å²) in [5.74, 6) is 0.0750. The average Bonchev–Trinajstić information content (AvgIpc) is 3.66. The number of alkyl halides is 3. The second kappa shape index (κ2) is 16.8. The van der Waals surface area contributed by atoms with Gasteiger partial charge in [0.2, 0.25) is 5.91 Å². The first kappa shape index (κ1) is 40.0. The lowest BCUT2D eigenvalue weighted by Gasteiger charge is -2.38. The second-order valence-corrected chi connectivity index (χ2v) is 15.8. The van der Waals surface area contributed by atoms with Crippen molar-refractivity contribution in [2.75, 3.05) is 49.1 Å². The largest absolute Gasteiger partial charge is 0.490 e. The summed E-state index contributed by atoms with van der Waals surface area (Å²) in [5, 5.41) is 19.5. The highest BCUT2D eigenvalue weighted by Crippen LogP contribution is 2.37. The van der Waals surface area contributed by atoms with Gasteiger partial charge in [0, 0.05) is 57.1 Å². The Bertz CT molecular complexity index is 2240. The monoisotopic (exact) mass is 816 g/mol. The van der Waals surface area contributed by atoms with Gasteiger partial charge in [-0.3, -0.25) is 24.5 Å². The molecular weight excluding hydrogens is 773 g/mol. The van der Waals surface area contributed by atoms with Crippen molar-refractivity contribution < 1.29 is 36.7 Å². The Kier molecular flexibility index (Phi) is 11.4. The maximum absolute atomic E-state index is 15.0. The zero-order valence-electron chi connectivity index (χ0n) is 32.3. The number of likely N-dealkylation sites (tertiary alicyclic amines) is 1. The van der Waals surface area contributed by atoms with E-state index in [1.54, 1.807) is 24.5 Å². The van der Waals surface area contributed by atoms with Crippen LogP contribution in [0.1, 0.15) is 85.4 Å². The average molecular weight is 817 g/mol. The lowest BCUT2D eigenvalue weighted by molar-refractivity contribution is -0.138. The molecule has 2 aromatic carbocycles. The number of rotatable bonds is 9. The Balaban J connectivity index is 0.765. The summed E-state index contributed by atoms with van der Waals surface area (Å²) < 4.78 is 62.9. The molecule has 3 saturated heterocycles. The summed E-state index contributed by atoms with van der Waals surface area (Å²) in [6, 6.07) is 7.37. The molecule has 310 valence electrons. The van der Waals surface area contributed by atoms with Gasteiger partial charge in [0.05, 0.1) is 59.1 Å². The zero-order valence-corrected chi connectivity index (χ0v) is 32.3. The Labute approximate surface area is 337 Å². The molecule has 0 spiro atoms. The van der Waals surface area contributed by atoms with Crippen molar-refractivity contribution in [1.82, 2.24) is 35.3 Å². The van der Waals surface area contributed by atoms with Crippen LogP contribution in [0.3, 0.4) is 0 Å². The normalized spacial score (nSPS) is 21.3. The summed E-state index contributed by atoms with van der Waals surface area (Å²) in [5.41, 5.74) is -0.350. The molecule has 0 bridgehead atoms. The lowest BCUT2D eigenvalue weighted by atomic mass is 9.92. The molecule has 8 rings (SSSR count). The molecule has 0 radical (unpaired) electrons. The first-order valence-electron chi connectivity index (χ1n) is 20.1. The number of nitrogens with one attached hydrogen (secondary N) is 2. The summed E-state index contributed by atoms with van der Waals surface area (Å²) >= 11 is 0. The van der Waals surface area contributed by atoms with Gasteiger partial charge in [-0.25, -0.2) is 19.2 Å². The number of ether oxygens (including phenoxy) is 1. The number of anilines is 2. The first-order valence-corrected chi connectivity index (χ1v) is 20.1. The van der Waals surface area contributed by atoms with Crippen molar-refractivity contribution in [2.24, 2.45) is 5.92 Å². The topological polar surface area (TPSA) is 162 Å².